The molecule has 1 unspecified atom stereocenters. The Morgan fingerprint density at radius 1 is 1.80 bits per heavy atom. The number of carboxylic acid groups (broad SMARTS) is 1. The summed E-state index contributed by atoms with van der Waals surface area (Å²) in [6.07, 6.45) is 3.57. The summed E-state index contributed by atoms with van der Waals surface area (Å²) >= 11 is 2.94. The fourth-order valence-corrected chi connectivity index (χ4v) is 3.25. The lowest BCUT2D eigenvalue weighted by molar-refractivity contribution is -0.143. The second kappa shape index (κ2) is 4.11. The van der Waals surface area contributed by atoms with Crippen LogP contribution in [0.25, 0.3) is 0 Å². The van der Waals surface area contributed by atoms with Crippen LogP contribution in [0, 0.1) is 5.92 Å². The summed E-state index contributed by atoms with van der Waals surface area (Å²) in [6.45, 7) is 0. The van der Waals surface area contributed by atoms with Gasteiger partial charge in [-0.15, -0.1) is 11.3 Å². The van der Waals surface area contributed by atoms with Crippen molar-refractivity contribution in [3.63, 3.8) is 0 Å². The summed E-state index contributed by atoms with van der Waals surface area (Å²) < 4.78 is 0.881. The molecular formula is C9H12N2O2S2. The Hall–Kier alpha value is -0.590. The third kappa shape index (κ3) is 2.32. The second-order valence-electron chi connectivity index (χ2n) is 3.71. The predicted molar refractivity (Wildman–Crippen MR) is 60.1 cm³/mol. The van der Waals surface area contributed by atoms with E-state index in [1.807, 2.05) is 5.38 Å². The Morgan fingerprint density at radius 3 is 3.00 bits per heavy atom. The third-order valence-corrected chi connectivity index (χ3v) is 4.73. The van der Waals surface area contributed by atoms with Crippen LogP contribution in [0.3, 0.4) is 0 Å². The van der Waals surface area contributed by atoms with Gasteiger partial charge in [-0.05, 0) is 18.8 Å². The molecule has 6 heteroatoms. The summed E-state index contributed by atoms with van der Waals surface area (Å²) in [7, 11) is 0. The van der Waals surface area contributed by atoms with E-state index < -0.39 is 11.5 Å². The van der Waals surface area contributed by atoms with Crippen LogP contribution in [-0.4, -0.2) is 27.4 Å². The topological polar surface area (TPSA) is 76.2 Å². The van der Waals surface area contributed by atoms with E-state index in [1.165, 1.54) is 23.1 Å². The van der Waals surface area contributed by atoms with Gasteiger partial charge in [0.2, 0.25) is 0 Å². The Morgan fingerprint density at radius 2 is 2.53 bits per heavy atom. The van der Waals surface area contributed by atoms with Crippen molar-refractivity contribution in [2.75, 3.05) is 5.75 Å². The zero-order chi connectivity index (χ0) is 10.9. The lowest BCUT2D eigenvalue weighted by Gasteiger charge is -2.23. The number of carboxylic acids is 1. The molecule has 1 aromatic heterocycles. The van der Waals surface area contributed by atoms with Crippen molar-refractivity contribution in [3.8, 4) is 0 Å². The number of nitrogens with two attached hydrogens (primary N) is 1. The van der Waals surface area contributed by atoms with Gasteiger partial charge >= 0.3 is 5.97 Å². The molecule has 82 valence electrons. The van der Waals surface area contributed by atoms with Crippen LogP contribution >= 0.6 is 23.1 Å². The van der Waals surface area contributed by atoms with E-state index in [0.29, 0.717) is 5.75 Å². The maximum Gasteiger partial charge on any atom is 0.324 e. The Bertz CT molecular complexity index is 351. The number of hydrogen-bond donors (Lipinski definition) is 2. The number of rotatable bonds is 5. The van der Waals surface area contributed by atoms with Crippen LogP contribution in [0.5, 0.6) is 0 Å². The molecule has 0 bridgehead atoms. The summed E-state index contributed by atoms with van der Waals surface area (Å²) in [5.74, 6) is -0.350. The molecular weight excluding hydrogens is 232 g/mol. The Balaban J connectivity index is 1.98. The molecule has 2 rings (SSSR count). The molecule has 3 N–H and O–H groups in total. The van der Waals surface area contributed by atoms with Gasteiger partial charge < -0.3 is 10.8 Å². The number of hydrogen-bond acceptors (Lipinski definition) is 5. The quantitative estimate of drug-likeness (QED) is 0.766. The first-order valence-electron chi connectivity index (χ1n) is 4.67. The highest BCUT2D eigenvalue weighted by atomic mass is 32.2. The van der Waals surface area contributed by atoms with Crippen LogP contribution in [0.4, 0.5) is 0 Å². The molecule has 15 heavy (non-hydrogen) atoms. The molecule has 0 radical (unpaired) electrons. The molecule has 1 heterocycles. The Labute approximate surface area is 95.9 Å². The molecule has 1 aliphatic rings. The fraction of sp³-hybridized carbons (Fsp3) is 0.556. The summed E-state index contributed by atoms with van der Waals surface area (Å²) in [5, 5.41) is 11.0. The monoisotopic (exact) mass is 244 g/mol. The first-order valence-corrected chi connectivity index (χ1v) is 6.54. The average molecular weight is 244 g/mol. The maximum atomic E-state index is 11.1. The molecule has 1 fully saturated rings. The van der Waals surface area contributed by atoms with Crippen LogP contribution in [0.15, 0.2) is 15.9 Å². The molecule has 1 atom stereocenters. The van der Waals surface area contributed by atoms with Crippen molar-refractivity contribution in [1.82, 2.24) is 4.98 Å². The van der Waals surface area contributed by atoms with Gasteiger partial charge in [-0.2, -0.15) is 0 Å². The van der Waals surface area contributed by atoms with Gasteiger partial charge in [0.05, 0.1) is 0 Å². The molecule has 0 spiro atoms. The van der Waals surface area contributed by atoms with Gasteiger partial charge in [0.1, 0.15) is 9.88 Å². The highest BCUT2D eigenvalue weighted by molar-refractivity contribution is 8.01. The molecule has 0 aromatic carbocycles. The number of thioether (sulfide) groups is 1. The number of aromatic nitrogens is 1. The van der Waals surface area contributed by atoms with E-state index in [9.17, 15) is 4.79 Å². The van der Waals surface area contributed by atoms with Crippen LogP contribution in [0.2, 0.25) is 0 Å². The normalized spacial score (nSPS) is 19.8. The summed E-state index contributed by atoms with van der Waals surface area (Å²) in [5.41, 5.74) is 4.85. The second-order valence-corrected chi connectivity index (χ2v) is 5.82. The maximum absolute atomic E-state index is 11.1. The lowest BCUT2D eigenvalue weighted by Crippen LogP contribution is -2.52. The van der Waals surface area contributed by atoms with Crippen molar-refractivity contribution >= 4 is 29.1 Å². The minimum Gasteiger partial charge on any atom is -0.480 e. The molecule has 0 amide bonds. The van der Waals surface area contributed by atoms with Crippen molar-refractivity contribution in [3.05, 3.63) is 11.6 Å². The van der Waals surface area contributed by atoms with E-state index in [0.717, 1.165) is 17.2 Å². The molecule has 0 aliphatic heterocycles. The average Bonchev–Trinajstić information content (AvgIpc) is 2.93. The SMILES string of the molecule is NC(CSc1nccs1)(C(=O)O)C1CC1. The van der Waals surface area contributed by atoms with E-state index in [-0.39, 0.29) is 5.92 Å². The predicted octanol–water partition coefficient (Wildman–Crippen LogP) is 1.43. The van der Waals surface area contributed by atoms with Gasteiger partial charge in [0.15, 0.2) is 0 Å². The number of aliphatic carboxylic acids is 1. The molecule has 1 saturated carbocycles. The number of carbonyl (C=O) groups is 1. The van der Waals surface area contributed by atoms with Crippen LogP contribution < -0.4 is 5.73 Å². The van der Waals surface area contributed by atoms with Crippen molar-refractivity contribution in [2.24, 2.45) is 11.7 Å². The van der Waals surface area contributed by atoms with Crippen molar-refractivity contribution < 1.29 is 9.90 Å². The molecule has 4 nitrogen and oxygen atoms in total. The smallest absolute Gasteiger partial charge is 0.324 e. The van der Waals surface area contributed by atoms with E-state index in [1.54, 1.807) is 6.20 Å². The third-order valence-electron chi connectivity index (χ3n) is 2.55. The molecule has 1 aliphatic carbocycles. The summed E-state index contributed by atoms with van der Waals surface area (Å²) in [6, 6.07) is 0. The highest BCUT2D eigenvalue weighted by Gasteiger charge is 2.48. The van der Waals surface area contributed by atoms with Gasteiger partial charge in [0.25, 0.3) is 0 Å². The number of nitrogens with zero attached hydrogens (tertiary/aromatic N) is 1. The minimum absolute atomic E-state index is 0.141. The highest BCUT2D eigenvalue weighted by Crippen LogP contribution is 2.41. The van der Waals surface area contributed by atoms with Crippen molar-refractivity contribution in [1.29, 1.82) is 0 Å². The van der Waals surface area contributed by atoms with Gasteiger partial charge in [-0.3, -0.25) is 4.79 Å². The van der Waals surface area contributed by atoms with E-state index in [2.05, 4.69) is 4.98 Å². The van der Waals surface area contributed by atoms with Crippen LogP contribution in [0.1, 0.15) is 12.8 Å². The minimum atomic E-state index is -1.07. The lowest BCUT2D eigenvalue weighted by atomic mass is 9.98. The van der Waals surface area contributed by atoms with Crippen molar-refractivity contribution in [2.45, 2.75) is 22.7 Å². The fourth-order valence-electron chi connectivity index (χ4n) is 1.42. The summed E-state index contributed by atoms with van der Waals surface area (Å²) in [4.78, 5) is 15.2. The van der Waals surface area contributed by atoms with Gasteiger partial charge in [-0.1, -0.05) is 11.8 Å². The standard InChI is InChI=1S/C9H12N2O2S2/c10-9(7(12)13,6-1-2-6)5-15-8-11-3-4-14-8/h3-4,6H,1-2,5,10H2,(H,12,13). The largest absolute Gasteiger partial charge is 0.480 e. The van der Waals surface area contributed by atoms with Gasteiger partial charge in [-0.25, -0.2) is 4.98 Å². The molecule has 0 saturated heterocycles. The first kappa shape index (κ1) is 10.9. The first-order chi connectivity index (χ1) is 7.13. The van der Waals surface area contributed by atoms with Gasteiger partial charge in [0, 0.05) is 17.3 Å². The Kier molecular flexibility index (Phi) is 2.99. The van der Waals surface area contributed by atoms with Crippen LogP contribution in [-0.2, 0) is 4.79 Å². The zero-order valence-corrected chi connectivity index (χ0v) is 9.68. The van der Waals surface area contributed by atoms with E-state index >= 15 is 0 Å². The zero-order valence-electron chi connectivity index (χ0n) is 8.05. The number of thiazole rings is 1. The molecule has 1 aromatic rings. The van der Waals surface area contributed by atoms with E-state index in [4.69, 9.17) is 10.8 Å².